The Bertz CT molecular complexity index is 238. The summed E-state index contributed by atoms with van der Waals surface area (Å²) in [5.41, 5.74) is 0.214. The van der Waals surface area contributed by atoms with Gasteiger partial charge in [0.15, 0.2) is 6.10 Å². The molecule has 0 aromatic rings. The van der Waals surface area contributed by atoms with Gasteiger partial charge < -0.3 is 9.47 Å². The Morgan fingerprint density at radius 1 is 1.54 bits per heavy atom. The van der Waals surface area contributed by atoms with Crippen molar-refractivity contribution in [2.75, 3.05) is 6.61 Å². The van der Waals surface area contributed by atoms with Gasteiger partial charge in [0.1, 0.15) is 0 Å². The van der Waals surface area contributed by atoms with E-state index in [0.717, 1.165) is 6.42 Å². The van der Waals surface area contributed by atoms with E-state index in [1.807, 2.05) is 0 Å². The van der Waals surface area contributed by atoms with Crippen molar-refractivity contribution in [1.29, 1.82) is 0 Å². The summed E-state index contributed by atoms with van der Waals surface area (Å²) in [5.74, 6) is -1.29. The molecule has 72 valence electrons. The molecule has 4 nitrogen and oxygen atoms in total. The summed E-state index contributed by atoms with van der Waals surface area (Å²) in [6.07, 6.45) is 0.895. The molecule has 4 heteroatoms. The molecule has 1 rings (SSSR count). The Kier molecular flexibility index (Phi) is 3.19. The van der Waals surface area contributed by atoms with Crippen LogP contribution in [0, 0.1) is 0 Å². The smallest absolute Gasteiger partial charge is 0.343 e. The maximum Gasteiger partial charge on any atom is 0.343 e. The molecule has 1 atom stereocenters. The van der Waals surface area contributed by atoms with Crippen LogP contribution in [0.5, 0.6) is 0 Å². The fourth-order valence-electron chi connectivity index (χ4n) is 1.01. The molecule has 0 radical (unpaired) electrons. The standard InChI is InChI=1S/C9H12O4/c1-6(2)8(10)13-9(11)7-4-3-5-12-7/h7H,1,3-5H2,2H3. The molecular formula is C9H12O4. The van der Waals surface area contributed by atoms with E-state index in [1.54, 1.807) is 0 Å². The number of hydrogen-bond donors (Lipinski definition) is 0. The average molecular weight is 184 g/mol. The van der Waals surface area contributed by atoms with Crippen molar-refractivity contribution in [3.8, 4) is 0 Å². The molecule has 13 heavy (non-hydrogen) atoms. The predicted octanol–water partition coefficient (Wildman–Crippen LogP) is 0.811. The topological polar surface area (TPSA) is 52.6 Å². The van der Waals surface area contributed by atoms with Gasteiger partial charge in [0.2, 0.25) is 0 Å². The Balaban J connectivity index is 2.40. The molecule has 1 fully saturated rings. The number of esters is 2. The third kappa shape index (κ3) is 2.66. The number of carbonyl (C=O) groups excluding carboxylic acids is 2. The van der Waals surface area contributed by atoms with Crippen LogP contribution in [-0.4, -0.2) is 24.6 Å². The van der Waals surface area contributed by atoms with Crippen LogP contribution in [0.4, 0.5) is 0 Å². The minimum absolute atomic E-state index is 0.214. The first kappa shape index (κ1) is 9.92. The summed E-state index contributed by atoms with van der Waals surface area (Å²) >= 11 is 0. The van der Waals surface area contributed by atoms with E-state index >= 15 is 0 Å². The van der Waals surface area contributed by atoms with Crippen molar-refractivity contribution in [2.24, 2.45) is 0 Å². The van der Waals surface area contributed by atoms with Crippen LogP contribution in [0.15, 0.2) is 12.2 Å². The van der Waals surface area contributed by atoms with Crippen LogP contribution < -0.4 is 0 Å². The second kappa shape index (κ2) is 4.18. The first-order chi connectivity index (χ1) is 6.11. The molecule has 0 N–H and O–H groups in total. The van der Waals surface area contributed by atoms with Crippen molar-refractivity contribution in [1.82, 2.24) is 0 Å². The zero-order chi connectivity index (χ0) is 9.84. The average Bonchev–Trinajstić information content (AvgIpc) is 2.55. The van der Waals surface area contributed by atoms with Gasteiger partial charge in [-0.05, 0) is 19.8 Å². The van der Waals surface area contributed by atoms with Crippen molar-refractivity contribution in [2.45, 2.75) is 25.9 Å². The molecule has 0 aromatic heterocycles. The third-order valence-electron chi connectivity index (χ3n) is 1.73. The van der Waals surface area contributed by atoms with Gasteiger partial charge in [-0.3, -0.25) is 0 Å². The molecule has 1 aliphatic rings. The van der Waals surface area contributed by atoms with Crippen LogP contribution in [0.1, 0.15) is 19.8 Å². The quantitative estimate of drug-likeness (QED) is 0.362. The molecule has 1 aliphatic heterocycles. The molecule has 0 bridgehead atoms. The zero-order valence-corrected chi connectivity index (χ0v) is 7.54. The monoisotopic (exact) mass is 184 g/mol. The van der Waals surface area contributed by atoms with Gasteiger partial charge in [-0.25, -0.2) is 9.59 Å². The van der Waals surface area contributed by atoms with Crippen LogP contribution >= 0.6 is 0 Å². The van der Waals surface area contributed by atoms with Gasteiger partial charge in [-0.2, -0.15) is 0 Å². The summed E-state index contributed by atoms with van der Waals surface area (Å²) in [5, 5.41) is 0. The van der Waals surface area contributed by atoms with Crippen LogP contribution in [0.3, 0.4) is 0 Å². The fourth-order valence-corrected chi connectivity index (χ4v) is 1.01. The number of hydrogen-bond acceptors (Lipinski definition) is 4. The van der Waals surface area contributed by atoms with Gasteiger partial charge in [-0.15, -0.1) is 0 Å². The fraction of sp³-hybridized carbons (Fsp3) is 0.556. The molecule has 0 aliphatic carbocycles. The second-order valence-electron chi connectivity index (χ2n) is 2.99. The minimum atomic E-state index is -0.680. The summed E-state index contributed by atoms with van der Waals surface area (Å²) in [4.78, 5) is 22.1. The van der Waals surface area contributed by atoms with Gasteiger partial charge in [-0.1, -0.05) is 6.58 Å². The lowest BCUT2D eigenvalue weighted by molar-refractivity contribution is -0.163. The highest BCUT2D eigenvalue weighted by Gasteiger charge is 2.27. The Labute approximate surface area is 76.5 Å². The van der Waals surface area contributed by atoms with E-state index in [0.29, 0.717) is 13.0 Å². The molecule has 0 amide bonds. The maximum atomic E-state index is 11.2. The van der Waals surface area contributed by atoms with Crippen molar-refractivity contribution >= 4 is 11.9 Å². The number of ether oxygens (including phenoxy) is 2. The first-order valence-electron chi connectivity index (χ1n) is 4.14. The number of carbonyl (C=O) groups is 2. The lowest BCUT2D eigenvalue weighted by Gasteiger charge is -2.07. The van der Waals surface area contributed by atoms with Crippen LogP contribution in [-0.2, 0) is 19.1 Å². The lowest BCUT2D eigenvalue weighted by atomic mass is 10.2. The highest BCUT2D eigenvalue weighted by atomic mass is 16.6. The van der Waals surface area contributed by atoms with Gasteiger partial charge in [0.25, 0.3) is 0 Å². The van der Waals surface area contributed by atoms with Crippen molar-refractivity contribution in [3.63, 3.8) is 0 Å². The highest BCUT2D eigenvalue weighted by Crippen LogP contribution is 2.13. The van der Waals surface area contributed by atoms with E-state index in [1.165, 1.54) is 6.92 Å². The van der Waals surface area contributed by atoms with E-state index < -0.39 is 18.0 Å². The zero-order valence-electron chi connectivity index (χ0n) is 7.54. The van der Waals surface area contributed by atoms with E-state index in [-0.39, 0.29) is 5.57 Å². The SMILES string of the molecule is C=C(C)C(=O)OC(=O)C1CCCO1. The van der Waals surface area contributed by atoms with E-state index in [2.05, 4.69) is 11.3 Å². The van der Waals surface area contributed by atoms with Crippen LogP contribution in [0.2, 0.25) is 0 Å². The van der Waals surface area contributed by atoms with Gasteiger partial charge in [0.05, 0.1) is 0 Å². The van der Waals surface area contributed by atoms with Crippen molar-refractivity contribution < 1.29 is 19.1 Å². The van der Waals surface area contributed by atoms with E-state index in [4.69, 9.17) is 4.74 Å². The molecule has 1 heterocycles. The molecule has 1 unspecified atom stereocenters. The Morgan fingerprint density at radius 2 is 2.23 bits per heavy atom. The van der Waals surface area contributed by atoms with Gasteiger partial charge >= 0.3 is 11.9 Å². The predicted molar refractivity (Wildman–Crippen MR) is 44.9 cm³/mol. The maximum absolute atomic E-state index is 11.2. The van der Waals surface area contributed by atoms with Crippen LogP contribution in [0.25, 0.3) is 0 Å². The Hall–Kier alpha value is -1.16. The van der Waals surface area contributed by atoms with Crippen molar-refractivity contribution in [3.05, 3.63) is 12.2 Å². The lowest BCUT2D eigenvalue weighted by Crippen LogP contribution is -2.25. The van der Waals surface area contributed by atoms with E-state index in [9.17, 15) is 9.59 Å². The normalized spacial score (nSPS) is 21.2. The Morgan fingerprint density at radius 3 is 2.69 bits per heavy atom. The summed E-state index contributed by atoms with van der Waals surface area (Å²) < 4.78 is 9.53. The number of rotatable bonds is 2. The molecule has 0 spiro atoms. The summed E-state index contributed by atoms with van der Waals surface area (Å²) in [6, 6.07) is 0. The summed E-state index contributed by atoms with van der Waals surface area (Å²) in [6.45, 7) is 5.41. The molecule has 0 aromatic carbocycles. The first-order valence-corrected chi connectivity index (χ1v) is 4.14. The largest absolute Gasteiger partial charge is 0.388 e. The molecule has 0 saturated carbocycles. The summed E-state index contributed by atoms with van der Waals surface area (Å²) in [7, 11) is 0. The minimum Gasteiger partial charge on any atom is -0.388 e. The highest BCUT2D eigenvalue weighted by molar-refractivity contribution is 5.96. The van der Waals surface area contributed by atoms with Gasteiger partial charge in [0, 0.05) is 12.2 Å². The molecular weight excluding hydrogens is 172 g/mol. The second-order valence-corrected chi connectivity index (χ2v) is 2.99. The third-order valence-corrected chi connectivity index (χ3v) is 1.73. The molecule has 1 saturated heterocycles.